The molecule has 0 aromatic rings. The third kappa shape index (κ3) is 5.50. The Bertz CT molecular complexity index is 805. The fourth-order valence-electron chi connectivity index (χ4n) is 4.12. The van der Waals surface area contributed by atoms with Gasteiger partial charge in [0.05, 0.1) is 11.7 Å². The number of nitrogens with zero attached hydrogens (tertiary/aromatic N) is 2. The minimum atomic E-state index is 0.0666. The zero-order valence-corrected chi connectivity index (χ0v) is 19.7. The molecule has 0 spiro atoms. The Balaban J connectivity index is 1.82. The summed E-state index contributed by atoms with van der Waals surface area (Å²) in [6.07, 6.45) is 12.7. The van der Waals surface area contributed by atoms with Crippen molar-refractivity contribution in [2.45, 2.75) is 32.9 Å². The van der Waals surface area contributed by atoms with Crippen LogP contribution in [0.2, 0.25) is 0 Å². The first-order valence-corrected chi connectivity index (χ1v) is 11.4. The van der Waals surface area contributed by atoms with Gasteiger partial charge in [0.15, 0.2) is 0 Å². The SMILES string of the molecule is C=C1C(OCC2CNCCN2CC)=C2NC=CNC2=CC1C(C=CC(C)N(C)C)=CC. The van der Waals surface area contributed by atoms with E-state index < -0.39 is 0 Å². The smallest absolute Gasteiger partial charge is 0.148 e. The molecule has 170 valence electrons. The average molecular weight is 426 g/mol. The molecule has 3 unspecified atom stereocenters. The quantitative estimate of drug-likeness (QED) is 0.520. The van der Waals surface area contributed by atoms with Gasteiger partial charge in [-0.25, -0.2) is 0 Å². The van der Waals surface area contributed by atoms with Crippen LogP contribution in [-0.2, 0) is 4.74 Å². The topological polar surface area (TPSA) is 51.8 Å². The number of allylic oxidation sites excluding steroid dienone is 5. The zero-order chi connectivity index (χ0) is 22.4. The number of piperazine rings is 1. The standard InChI is InChI=1S/C25H39N5O/c1-7-20(10-9-18(3)29(5)6)22-15-23-24(28-12-11-27-23)25(19(22)4)31-17-21-16-26-13-14-30(21)8-2/h7,9-12,15,18,21-22,26-28H,4,8,13-14,16-17H2,1-3,5-6H3. The van der Waals surface area contributed by atoms with E-state index in [1.807, 2.05) is 12.4 Å². The van der Waals surface area contributed by atoms with Gasteiger partial charge in [-0.1, -0.05) is 31.7 Å². The van der Waals surface area contributed by atoms with Crippen molar-refractivity contribution in [3.63, 3.8) is 0 Å². The molecular formula is C25H39N5O. The first-order chi connectivity index (χ1) is 15.0. The van der Waals surface area contributed by atoms with E-state index in [1.54, 1.807) is 0 Å². The van der Waals surface area contributed by atoms with Gasteiger partial charge in [0.1, 0.15) is 18.1 Å². The Hall–Kier alpha value is -2.28. The number of rotatable bonds is 8. The number of nitrogens with one attached hydrogen (secondary N) is 3. The summed E-state index contributed by atoms with van der Waals surface area (Å²) < 4.78 is 6.49. The molecular weight excluding hydrogens is 386 g/mol. The minimum absolute atomic E-state index is 0.0666. The minimum Gasteiger partial charge on any atom is -0.489 e. The molecule has 3 N–H and O–H groups in total. The van der Waals surface area contributed by atoms with E-state index in [2.05, 4.69) is 91.5 Å². The Morgan fingerprint density at radius 1 is 1.35 bits per heavy atom. The zero-order valence-electron chi connectivity index (χ0n) is 19.7. The summed E-state index contributed by atoms with van der Waals surface area (Å²) in [5.74, 6) is 0.923. The van der Waals surface area contributed by atoms with Gasteiger partial charge in [0.25, 0.3) is 0 Å². The van der Waals surface area contributed by atoms with Gasteiger partial charge >= 0.3 is 0 Å². The normalized spacial score (nSPS) is 25.9. The number of hydrogen-bond donors (Lipinski definition) is 3. The summed E-state index contributed by atoms with van der Waals surface area (Å²) in [5.41, 5.74) is 4.22. The molecule has 1 aliphatic carbocycles. The van der Waals surface area contributed by atoms with E-state index in [-0.39, 0.29) is 5.92 Å². The van der Waals surface area contributed by atoms with E-state index in [4.69, 9.17) is 4.74 Å². The van der Waals surface area contributed by atoms with Gasteiger partial charge in [0.2, 0.25) is 0 Å². The van der Waals surface area contributed by atoms with Crippen molar-refractivity contribution >= 4 is 0 Å². The summed E-state index contributed by atoms with van der Waals surface area (Å²) in [6.45, 7) is 15.7. The number of ether oxygens (including phenoxy) is 1. The fourth-order valence-corrected chi connectivity index (χ4v) is 4.12. The predicted octanol–water partition coefficient (Wildman–Crippen LogP) is 2.69. The monoisotopic (exact) mass is 425 g/mol. The summed E-state index contributed by atoms with van der Waals surface area (Å²) in [6, 6.07) is 0.721. The van der Waals surface area contributed by atoms with Crippen LogP contribution in [0.5, 0.6) is 0 Å². The Labute approximate surface area is 188 Å². The van der Waals surface area contributed by atoms with Crippen LogP contribution in [0.4, 0.5) is 0 Å². The molecule has 31 heavy (non-hydrogen) atoms. The van der Waals surface area contributed by atoms with Crippen LogP contribution in [0.25, 0.3) is 0 Å². The first-order valence-electron chi connectivity index (χ1n) is 11.4. The highest BCUT2D eigenvalue weighted by atomic mass is 16.5. The summed E-state index contributed by atoms with van der Waals surface area (Å²) >= 11 is 0. The van der Waals surface area contributed by atoms with Gasteiger partial charge < -0.3 is 25.6 Å². The largest absolute Gasteiger partial charge is 0.489 e. The molecule has 0 aromatic heterocycles. The molecule has 1 saturated heterocycles. The lowest BCUT2D eigenvalue weighted by molar-refractivity contribution is 0.0841. The van der Waals surface area contributed by atoms with E-state index in [0.717, 1.165) is 48.9 Å². The molecule has 3 rings (SSSR count). The highest BCUT2D eigenvalue weighted by Crippen LogP contribution is 2.37. The highest BCUT2D eigenvalue weighted by Gasteiger charge is 2.30. The van der Waals surface area contributed by atoms with Crippen LogP contribution in [0, 0.1) is 5.92 Å². The van der Waals surface area contributed by atoms with E-state index in [1.165, 1.54) is 5.57 Å². The van der Waals surface area contributed by atoms with Crippen LogP contribution in [0.1, 0.15) is 20.8 Å². The van der Waals surface area contributed by atoms with Crippen molar-refractivity contribution in [3.05, 3.63) is 71.6 Å². The van der Waals surface area contributed by atoms with Crippen molar-refractivity contribution in [1.82, 2.24) is 25.8 Å². The molecule has 2 aliphatic heterocycles. The molecule has 0 radical (unpaired) electrons. The van der Waals surface area contributed by atoms with Crippen molar-refractivity contribution < 1.29 is 4.74 Å². The maximum Gasteiger partial charge on any atom is 0.148 e. The van der Waals surface area contributed by atoms with Crippen molar-refractivity contribution in [2.75, 3.05) is 46.9 Å². The summed E-state index contributed by atoms with van der Waals surface area (Å²) in [4.78, 5) is 4.68. The van der Waals surface area contributed by atoms with Gasteiger partial charge in [-0.05, 0) is 46.1 Å². The molecule has 3 aliphatic rings. The highest BCUT2D eigenvalue weighted by molar-refractivity contribution is 5.53. The number of hydrogen-bond acceptors (Lipinski definition) is 6. The maximum absolute atomic E-state index is 6.49. The molecule has 6 heteroatoms. The summed E-state index contributed by atoms with van der Waals surface area (Å²) in [5, 5.41) is 10.2. The number of likely N-dealkylation sites (N-methyl/N-ethyl adjacent to an activating group) is 2. The van der Waals surface area contributed by atoms with Crippen LogP contribution in [0.15, 0.2) is 71.6 Å². The van der Waals surface area contributed by atoms with Gasteiger partial charge in [-0.2, -0.15) is 0 Å². The van der Waals surface area contributed by atoms with Crippen molar-refractivity contribution in [2.24, 2.45) is 5.92 Å². The lowest BCUT2D eigenvalue weighted by Crippen LogP contribution is -2.53. The molecule has 6 nitrogen and oxygen atoms in total. The van der Waals surface area contributed by atoms with Crippen molar-refractivity contribution in [1.29, 1.82) is 0 Å². The van der Waals surface area contributed by atoms with Crippen LogP contribution in [-0.4, -0.2) is 68.8 Å². The molecule has 0 aromatic carbocycles. The van der Waals surface area contributed by atoms with E-state index in [9.17, 15) is 0 Å². The first kappa shape index (κ1) is 23.4. The van der Waals surface area contributed by atoms with Crippen LogP contribution >= 0.6 is 0 Å². The lowest BCUT2D eigenvalue weighted by Gasteiger charge is -2.37. The average Bonchev–Trinajstić information content (AvgIpc) is 2.79. The van der Waals surface area contributed by atoms with Crippen LogP contribution < -0.4 is 16.0 Å². The second-order valence-corrected chi connectivity index (χ2v) is 8.56. The Morgan fingerprint density at radius 3 is 2.84 bits per heavy atom. The van der Waals surface area contributed by atoms with E-state index in [0.29, 0.717) is 18.7 Å². The molecule has 0 bridgehead atoms. The third-order valence-electron chi connectivity index (χ3n) is 6.42. The Kier molecular flexibility index (Phi) is 8.18. The third-order valence-corrected chi connectivity index (χ3v) is 6.42. The van der Waals surface area contributed by atoms with E-state index >= 15 is 0 Å². The molecule has 3 atom stereocenters. The lowest BCUT2D eigenvalue weighted by atomic mass is 9.84. The molecule has 1 fully saturated rings. The molecule has 0 amide bonds. The van der Waals surface area contributed by atoms with Gasteiger partial charge in [-0.3, -0.25) is 4.90 Å². The predicted molar refractivity (Wildman–Crippen MR) is 129 cm³/mol. The number of fused-ring (bicyclic) bond motifs is 1. The molecule has 2 heterocycles. The van der Waals surface area contributed by atoms with Crippen molar-refractivity contribution in [3.8, 4) is 0 Å². The van der Waals surface area contributed by atoms with Gasteiger partial charge in [-0.15, -0.1) is 0 Å². The van der Waals surface area contributed by atoms with Crippen LogP contribution in [0.3, 0.4) is 0 Å². The second kappa shape index (κ2) is 10.8. The fraction of sp³-hybridized carbons (Fsp3) is 0.520. The molecule has 0 saturated carbocycles. The summed E-state index contributed by atoms with van der Waals surface area (Å²) in [7, 11) is 4.19. The second-order valence-electron chi connectivity index (χ2n) is 8.56. The maximum atomic E-state index is 6.49. The van der Waals surface area contributed by atoms with Gasteiger partial charge in [0, 0.05) is 49.6 Å². The Morgan fingerprint density at radius 2 is 2.13 bits per heavy atom.